The maximum Gasteiger partial charge on any atom is 0.314 e. The van der Waals surface area contributed by atoms with Crippen molar-refractivity contribution in [2.24, 2.45) is 0 Å². The summed E-state index contributed by atoms with van der Waals surface area (Å²) in [4.78, 5) is 35.8. The summed E-state index contributed by atoms with van der Waals surface area (Å²) < 4.78 is 0. The number of rotatable bonds is 3. The van der Waals surface area contributed by atoms with Crippen LogP contribution in [0.5, 0.6) is 0 Å². The first-order valence-electron chi connectivity index (χ1n) is 9.81. The van der Waals surface area contributed by atoms with Gasteiger partial charge in [-0.15, -0.1) is 0 Å². The molecule has 0 radical (unpaired) electrons. The molecule has 1 aromatic carbocycles. The van der Waals surface area contributed by atoms with Crippen LogP contribution in [0.1, 0.15) is 61.9 Å². The van der Waals surface area contributed by atoms with Gasteiger partial charge < -0.3 is 10.2 Å². The minimum absolute atomic E-state index is 0.119. The molecule has 146 valence electrons. The van der Waals surface area contributed by atoms with Gasteiger partial charge >= 0.3 is 11.8 Å². The van der Waals surface area contributed by atoms with Gasteiger partial charge in [-0.05, 0) is 43.4 Å². The summed E-state index contributed by atoms with van der Waals surface area (Å²) in [5, 5.41) is 3.31. The van der Waals surface area contributed by atoms with Crippen LogP contribution >= 0.6 is 11.6 Å². The lowest BCUT2D eigenvalue weighted by Gasteiger charge is -2.30. The fourth-order valence-corrected chi connectivity index (χ4v) is 3.78. The predicted molar refractivity (Wildman–Crippen MR) is 107 cm³/mol. The Kier molecular flexibility index (Phi) is 5.57. The molecule has 0 spiro atoms. The molecule has 4 rings (SSSR count). The predicted octanol–water partition coefficient (Wildman–Crippen LogP) is 4.09. The summed E-state index contributed by atoms with van der Waals surface area (Å²) in [5.41, 5.74) is 1.45. The van der Waals surface area contributed by atoms with Gasteiger partial charge in [0.25, 0.3) is 0 Å². The number of likely N-dealkylation sites (tertiary alicyclic amines) is 1. The lowest BCUT2D eigenvalue weighted by Crippen LogP contribution is -2.42. The summed E-state index contributed by atoms with van der Waals surface area (Å²) in [6.45, 7) is 0.566. The molecule has 1 atom stereocenters. The summed E-state index contributed by atoms with van der Waals surface area (Å²) in [6, 6.07) is 7.39. The molecule has 2 amide bonds. The molecule has 1 aliphatic heterocycles. The van der Waals surface area contributed by atoms with E-state index in [0.29, 0.717) is 23.2 Å². The highest BCUT2D eigenvalue weighted by Gasteiger charge is 2.31. The number of hydrogen-bond donors (Lipinski definition) is 1. The van der Waals surface area contributed by atoms with Crippen LogP contribution in [0.25, 0.3) is 0 Å². The van der Waals surface area contributed by atoms with Gasteiger partial charge in [0.1, 0.15) is 5.82 Å². The summed E-state index contributed by atoms with van der Waals surface area (Å²) in [7, 11) is 0. The van der Waals surface area contributed by atoms with Gasteiger partial charge in [0.15, 0.2) is 0 Å². The molecule has 1 saturated heterocycles. The number of carbonyl (C=O) groups is 2. The Hall–Kier alpha value is -2.47. The summed E-state index contributed by atoms with van der Waals surface area (Å²) >= 11 is 6.00. The van der Waals surface area contributed by atoms with Crippen LogP contribution in [0.4, 0.5) is 5.69 Å². The van der Waals surface area contributed by atoms with E-state index in [1.165, 1.54) is 0 Å². The van der Waals surface area contributed by atoms with Gasteiger partial charge in [-0.2, -0.15) is 0 Å². The number of amides is 2. The second kappa shape index (κ2) is 8.27. The number of nitrogens with zero attached hydrogens (tertiary/aromatic N) is 3. The third-order valence-corrected chi connectivity index (χ3v) is 5.59. The highest BCUT2D eigenvalue weighted by atomic mass is 35.5. The summed E-state index contributed by atoms with van der Waals surface area (Å²) in [6.07, 6.45) is 9.18. The smallest absolute Gasteiger partial charge is 0.314 e. The van der Waals surface area contributed by atoms with Crippen LogP contribution in [-0.4, -0.2) is 33.2 Å². The average Bonchev–Trinajstić information content (AvgIpc) is 3.55. The van der Waals surface area contributed by atoms with E-state index in [-0.39, 0.29) is 6.04 Å². The van der Waals surface area contributed by atoms with Crippen LogP contribution in [0, 0.1) is 0 Å². The maximum atomic E-state index is 12.9. The molecule has 7 heteroatoms. The first-order valence-corrected chi connectivity index (χ1v) is 10.2. The van der Waals surface area contributed by atoms with Gasteiger partial charge in [-0.25, -0.2) is 9.97 Å². The van der Waals surface area contributed by atoms with E-state index in [0.717, 1.165) is 49.9 Å². The Labute approximate surface area is 169 Å². The number of hydrogen-bond acceptors (Lipinski definition) is 4. The minimum atomic E-state index is -0.649. The van der Waals surface area contributed by atoms with Crippen molar-refractivity contribution in [2.45, 2.75) is 50.5 Å². The van der Waals surface area contributed by atoms with Crippen molar-refractivity contribution in [2.75, 3.05) is 11.9 Å². The Morgan fingerprint density at radius 2 is 1.71 bits per heavy atom. The van der Waals surface area contributed by atoms with Crippen molar-refractivity contribution < 1.29 is 9.59 Å². The van der Waals surface area contributed by atoms with E-state index in [4.69, 9.17) is 11.6 Å². The second-order valence-corrected chi connectivity index (χ2v) is 7.91. The van der Waals surface area contributed by atoms with Gasteiger partial charge in [0.05, 0.1) is 24.1 Å². The minimum Gasteiger partial charge on any atom is -0.327 e. The zero-order valence-corrected chi connectivity index (χ0v) is 16.4. The third-order valence-electron chi connectivity index (χ3n) is 5.33. The number of carbonyl (C=O) groups excluding carboxylic acids is 2. The van der Waals surface area contributed by atoms with E-state index >= 15 is 0 Å². The van der Waals surface area contributed by atoms with Crippen LogP contribution < -0.4 is 5.32 Å². The third kappa shape index (κ3) is 4.33. The molecule has 6 nitrogen and oxygen atoms in total. The van der Waals surface area contributed by atoms with Gasteiger partial charge in [0.2, 0.25) is 0 Å². The number of aromatic nitrogens is 2. The fraction of sp³-hybridized carbons (Fsp3) is 0.429. The molecule has 2 fully saturated rings. The molecule has 1 N–H and O–H groups in total. The Bertz CT molecular complexity index is 850. The molecule has 1 aromatic heterocycles. The molecule has 28 heavy (non-hydrogen) atoms. The first-order chi connectivity index (χ1) is 13.6. The number of benzene rings is 1. The molecular weight excluding hydrogens is 376 g/mol. The molecule has 1 saturated carbocycles. The van der Waals surface area contributed by atoms with Crippen LogP contribution in [0.15, 0.2) is 36.7 Å². The Morgan fingerprint density at radius 1 is 1.00 bits per heavy atom. The molecule has 1 unspecified atom stereocenters. The monoisotopic (exact) mass is 398 g/mol. The van der Waals surface area contributed by atoms with Crippen LogP contribution in [0.2, 0.25) is 5.02 Å². The van der Waals surface area contributed by atoms with E-state index < -0.39 is 11.8 Å². The SMILES string of the molecule is O=C(Nc1cnc(C2CC2)nc1)C(=O)N1CCCCCC1c1ccc(Cl)cc1. The van der Waals surface area contributed by atoms with Gasteiger partial charge in [0, 0.05) is 17.5 Å². The maximum absolute atomic E-state index is 12.9. The number of nitrogens with one attached hydrogen (secondary N) is 1. The van der Waals surface area contributed by atoms with Crippen molar-refractivity contribution in [3.63, 3.8) is 0 Å². The van der Waals surface area contributed by atoms with Gasteiger partial charge in [-0.3, -0.25) is 9.59 Å². The number of halogens is 1. The Morgan fingerprint density at radius 3 is 2.39 bits per heavy atom. The van der Waals surface area contributed by atoms with Crippen molar-refractivity contribution >= 4 is 29.1 Å². The average molecular weight is 399 g/mol. The van der Waals surface area contributed by atoms with Crippen molar-refractivity contribution in [3.05, 3.63) is 53.1 Å². The number of anilines is 1. The van der Waals surface area contributed by atoms with Crippen LogP contribution in [-0.2, 0) is 9.59 Å². The van der Waals surface area contributed by atoms with Crippen LogP contribution in [0.3, 0.4) is 0 Å². The molecular formula is C21H23ClN4O2. The topological polar surface area (TPSA) is 75.2 Å². The standard InChI is InChI=1S/C21H23ClN4O2/c22-16-9-7-14(8-10-16)18-4-2-1-3-11-26(18)21(28)20(27)25-17-12-23-19(24-13-17)15-5-6-15/h7-10,12-13,15,18H,1-6,11H2,(H,25,27). The van der Waals surface area contributed by atoms with Gasteiger partial charge in [-0.1, -0.05) is 36.6 Å². The lowest BCUT2D eigenvalue weighted by molar-refractivity contribution is -0.144. The molecule has 2 aromatic rings. The highest BCUT2D eigenvalue weighted by molar-refractivity contribution is 6.39. The quantitative estimate of drug-likeness (QED) is 0.790. The van der Waals surface area contributed by atoms with Crippen molar-refractivity contribution in [3.8, 4) is 0 Å². The highest BCUT2D eigenvalue weighted by Crippen LogP contribution is 2.37. The second-order valence-electron chi connectivity index (χ2n) is 7.47. The van der Waals surface area contributed by atoms with E-state index in [1.54, 1.807) is 17.3 Å². The van der Waals surface area contributed by atoms with Crippen molar-refractivity contribution in [1.29, 1.82) is 0 Å². The van der Waals surface area contributed by atoms with Crippen molar-refractivity contribution in [1.82, 2.24) is 14.9 Å². The van der Waals surface area contributed by atoms with E-state index in [9.17, 15) is 9.59 Å². The first kappa shape index (κ1) is 18.9. The molecule has 0 bridgehead atoms. The molecule has 2 heterocycles. The summed E-state index contributed by atoms with van der Waals surface area (Å²) in [5.74, 6) is 0.0834. The zero-order chi connectivity index (χ0) is 19.5. The molecule has 1 aliphatic carbocycles. The largest absolute Gasteiger partial charge is 0.327 e. The fourth-order valence-electron chi connectivity index (χ4n) is 3.65. The lowest BCUT2D eigenvalue weighted by atomic mass is 10.0. The molecule has 2 aliphatic rings. The van der Waals surface area contributed by atoms with E-state index in [2.05, 4.69) is 15.3 Å². The Balaban J connectivity index is 1.48. The zero-order valence-electron chi connectivity index (χ0n) is 15.6. The normalized spacial score (nSPS) is 19.8. The van der Waals surface area contributed by atoms with E-state index in [1.807, 2.05) is 24.3 Å².